The molecule has 0 fully saturated rings. The highest BCUT2D eigenvalue weighted by Gasteiger charge is 2.04. The van der Waals surface area contributed by atoms with Gasteiger partial charge in [0.1, 0.15) is 0 Å². The van der Waals surface area contributed by atoms with Crippen LogP contribution < -0.4 is 10.9 Å². The van der Waals surface area contributed by atoms with Gasteiger partial charge < -0.3 is 0 Å². The van der Waals surface area contributed by atoms with Crippen LogP contribution in [0, 0.1) is 4.91 Å². The molecule has 7 nitrogen and oxygen atoms in total. The van der Waals surface area contributed by atoms with E-state index in [2.05, 4.69) is 22.7 Å². The number of rotatable bonds is 11. The molecule has 0 spiro atoms. The van der Waals surface area contributed by atoms with Gasteiger partial charge in [0.25, 0.3) is 11.8 Å². The van der Waals surface area contributed by atoms with Gasteiger partial charge in [-0.2, -0.15) is 5.10 Å². The fourth-order valence-electron chi connectivity index (χ4n) is 2.11. The van der Waals surface area contributed by atoms with Crippen molar-refractivity contribution in [3.63, 3.8) is 0 Å². The lowest BCUT2D eigenvalue weighted by atomic mass is 10.1. The third-order valence-electron chi connectivity index (χ3n) is 3.43. The van der Waals surface area contributed by atoms with E-state index in [9.17, 15) is 14.5 Å². The minimum atomic E-state index is -0.631. The molecule has 0 aromatic heterocycles. The predicted molar refractivity (Wildman–Crippen MR) is 98.7 cm³/mol. The van der Waals surface area contributed by atoms with Crippen LogP contribution in [-0.4, -0.2) is 18.0 Å². The zero-order chi connectivity index (χ0) is 18.3. The molecular weight excluding hydrogens is 320 g/mol. The molecule has 0 radical (unpaired) electrons. The Kier molecular flexibility index (Phi) is 10.2. The van der Waals surface area contributed by atoms with Crippen molar-refractivity contribution in [3.8, 4) is 0 Å². The Morgan fingerprint density at radius 1 is 1.12 bits per heavy atom. The summed E-state index contributed by atoms with van der Waals surface area (Å²) in [5.41, 5.74) is 5.31. The molecule has 0 saturated heterocycles. The van der Waals surface area contributed by atoms with Crippen LogP contribution in [0.4, 0.5) is 0 Å². The van der Waals surface area contributed by atoms with Crippen LogP contribution in [0.2, 0.25) is 0 Å². The second-order valence-corrected chi connectivity index (χ2v) is 5.48. The van der Waals surface area contributed by atoms with Gasteiger partial charge in [0, 0.05) is 17.9 Å². The minimum absolute atomic E-state index is 0.323. The Balaban J connectivity index is 2.44. The molecule has 7 heteroatoms. The number of amides is 2. The summed E-state index contributed by atoms with van der Waals surface area (Å²) in [5, 5.41) is 6.22. The molecule has 134 valence electrons. The Bertz CT molecular complexity index is 627. The summed E-state index contributed by atoms with van der Waals surface area (Å²) in [6, 6.07) is 6.70. The van der Waals surface area contributed by atoms with Crippen LogP contribution in [0.1, 0.15) is 61.4 Å². The van der Waals surface area contributed by atoms with Crippen LogP contribution >= 0.6 is 0 Å². The summed E-state index contributed by atoms with van der Waals surface area (Å²) in [7, 11) is 0. The summed E-state index contributed by atoms with van der Waals surface area (Å²) in [6.45, 7) is 2.18. The van der Waals surface area contributed by atoms with Gasteiger partial charge in [-0.3, -0.25) is 9.59 Å². The van der Waals surface area contributed by atoms with E-state index in [4.69, 9.17) is 0 Å². The number of hydrazone groups is 1. The third kappa shape index (κ3) is 9.14. The first-order valence-electron chi connectivity index (χ1n) is 8.39. The van der Waals surface area contributed by atoms with E-state index in [-0.39, 0.29) is 5.91 Å². The van der Waals surface area contributed by atoms with E-state index in [0.717, 1.165) is 18.9 Å². The maximum Gasteiger partial charge on any atom is 0.271 e. The van der Waals surface area contributed by atoms with Crippen molar-refractivity contribution in [1.82, 2.24) is 10.9 Å². The van der Waals surface area contributed by atoms with Crippen LogP contribution in [0.3, 0.4) is 0 Å². The molecule has 2 N–H and O–H groups in total. The molecule has 0 bridgehead atoms. The first-order chi connectivity index (χ1) is 12.2. The number of carbonyl (C=O) groups is 2. The maximum atomic E-state index is 12.0. The number of nitrogens with one attached hydrogen (secondary N) is 2. The molecule has 0 aliphatic rings. The second-order valence-electron chi connectivity index (χ2n) is 5.48. The summed E-state index contributed by atoms with van der Waals surface area (Å²) in [4.78, 5) is 33.1. The van der Waals surface area contributed by atoms with Gasteiger partial charge in [0.05, 0.1) is 5.29 Å². The smallest absolute Gasteiger partial charge is 0.268 e. The number of hydrogen-bond acceptors (Lipinski definition) is 5. The fraction of sp³-hybridized carbons (Fsp3) is 0.389. The van der Waals surface area contributed by atoms with Gasteiger partial charge in [-0.25, -0.2) is 10.9 Å². The molecule has 2 amide bonds. The zero-order valence-electron chi connectivity index (χ0n) is 14.4. The predicted octanol–water partition coefficient (Wildman–Crippen LogP) is 3.57. The zero-order valence-corrected chi connectivity index (χ0v) is 14.4. The Labute approximate surface area is 147 Å². The monoisotopic (exact) mass is 344 g/mol. The van der Waals surface area contributed by atoms with Crippen molar-refractivity contribution < 1.29 is 9.59 Å². The number of carbonyl (C=O) groups excluding carboxylic acids is 2. The van der Waals surface area contributed by atoms with E-state index in [1.54, 1.807) is 35.9 Å². The number of unbranched alkanes of at least 4 members (excludes halogenated alkanes) is 5. The van der Waals surface area contributed by atoms with E-state index < -0.39 is 5.91 Å². The molecule has 0 saturated carbocycles. The van der Waals surface area contributed by atoms with Crippen molar-refractivity contribution in [2.75, 3.05) is 0 Å². The van der Waals surface area contributed by atoms with Crippen molar-refractivity contribution >= 4 is 24.1 Å². The lowest BCUT2D eigenvalue weighted by Crippen LogP contribution is -2.17. The molecule has 0 heterocycles. The first kappa shape index (κ1) is 20.2. The highest BCUT2D eigenvalue weighted by molar-refractivity contribution is 5.95. The van der Waals surface area contributed by atoms with Crippen molar-refractivity contribution in [3.05, 3.63) is 46.4 Å². The average Bonchev–Trinajstić information content (AvgIpc) is 2.62. The quantitative estimate of drug-likeness (QED) is 0.211. The highest BCUT2D eigenvalue weighted by Crippen LogP contribution is 2.07. The molecule has 0 unspecified atom stereocenters. The molecular formula is C18H24N4O3. The summed E-state index contributed by atoms with van der Waals surface area (Å²) in [5.74, 6) is -0.954. The van der Waals surface area contributed by atoms with Gasteiger partial charge >= 0.3 is 0 Å². The third-order valence-corrected chi connectivity index (χ3v) is 3.43. The Hall–Kier alpha value is -2.83. The van der Waals surface area contributed by atoms with E-state index in [1.165, 1.54) is 31.8 Å². The summed E-state index contributed by atoms with van der Waals surface area (Å²) >= 11 is 0. The molecule has 1 aromatic rings. The molecule has 0 atom stereocenters. The Morgan fingerprint density at radius 3 is 2.68 bits per heavy atom. The number of nitroso groups, excluding NO2 is 1. The van der Waals surface area contributed by atoms with E-state index in [1.807, 2.05) is 0 Å². The van der Waals surface area contributed by atoms with Crippen LogP contribution in [0.25, 0.3) is 6.08 Å². The molecule has 1 rings (SSSR count). The second kappa shape index (κ2) is 12.6. The average molecular weight is 344 g/mol. The molecule has 25 heavy (non-hydrogen) atoms. The number of hydrogen-bond donors (Lipinski definition) is 2. The standard InChI is InChI=1S/C18H24N4O3/c1-2-3-4-5-6-7-13-19-21-18(24)16-10-8-9-15(14-16)11-12-17(23)20-22-25/h8-14H,2-7H2,1H3,(H,21,24)(H,20,23,25). The van der Waals surface area contributed by atoms with Gasteiger partial charge in [-0.15, -0.1) is 4.91 Å². The molecule has 1 aromatic carbocycles. The summed E-state index contributed by atoms with van der Waals surface area (Å²) < 4.78 is 0. The van der Waals surface area contributed by atoms with Gasteiger partial charge in [-0.05, 0) is 36.6 Å². The van der Waals surface area contributed by atoms with Crippen molar-refractivity contribution in [1.29, 1.82) is 0 Å². The van der Waals surface area contributed by atoms with Crippen molar-refractivity contribution in [2.24, 2.45) is 10.4 Å². The normalized spacial score (nSPS) is 10.9. The summed E-state index contributed by atoms with van der Waals surface area (Å²) in [6.07, 6.45) is 11.1. The topological polar surface area (TPSA) is 100.0 Å². The van der Waals surface area contributed by atoms with Crippen LogP contribution in [0.5, 0.6) is 0 Å². The fourth-order valence-corrected chi connectivity index (χ4v) is 2.11. The highest BCUT2D eigenvalue weighted by atomic mass is 16.3. The maximum absolute atomic E-state index is 12.0. The lowest BCUT2D eigenvalue weighted by Gasteiger charge is -2.01. The molecule has 0 aliphatic carbocycles. The van der Waals surface area contributed by atoms with Gasteiger partial charge in [-0.1, -0.05) is 44.7 Å². The lowest BCUT2D eigenvalue weighted by molar-refractivity contribution is -0.116. The van der Waals surface area contributed by atoms with Gasteiger partial charge in [0.15, 0.2) is 0 Å². The number of benzene rings is 1. The van der Waals surface area contributed by atoms with Gasteiger partial charge in [0.2, 0.25) is 0 Å². The van der Waals surface area contributed by atoms with E-state index >= 15 is 0 Å². The van der Waals surface area contributed by atoms with E-state index in [0.29, 0.717) is 11.1 Å². The number of nitrogens with zero attached hydrogens (tertiary/aromatic N) is 2. The van der Waals surface area contributed by atoms with Crippen LogP contribution in [-0.2, 0) is 4.79 Å². The van der Waals surface area contributed by atoms with Crippen molar-refractivity contribution in [2.45, 2.75) is 45.4 Å². The minimum Gasteiger partial charge on any atom is -0.268 e. The van der Waals surface area contributed by atoms with Crippen LogP contribution in [0.15, 0.2) is 40.7 Å². The molecule has 0 aliphatic heterocycles. The largest absolute Gasteiger partial charge is 0.271 e. The SMILES string of the molecule is CCCCCCCC=NNC(=O)c1cccc(C=CC(=O)NN=O)c1. The Morgan fingerprint density at radius 2 is 1.92 bits per heavy atom. The first-order valence-corrected chi connectivity index (χ1v) is 8.39.